The van der Waals surface area contributed by atoms with E-state index in [1.54, 1.807) is 0 Å². The van der Waals surface area contributed by atoms with Gasteiger partial charge < -0.3 is 18.8 Å². The zero-order chi connectivity index (χ0) is 17.7. The van der Waals surface area contributed by atoms with E-state index in [4.69, 9.17) is 0 Å². The Morgan fingerprint density at radius 3 is 1.60 bits per heavy atom. The van der Waals surface area contributed by atoms with Crippen LogP contribution in [0.3, 0.4) is 0 Å². The molecule has 0 unspecified atom stereocenters. The van der Waals surface area contributed by atoms with Crippen LogP contribution in [0.4, 0.5) is 0 Å². The largest absolute Gasteiger partial charge is 4.00 e. The van der Waals surface area contributed by atoms with E-state index in [-0.39, 0.29) is 26.2 Å². The molecule has 0 bridgehead atoms. The van der Waals surface area contributed by atoms with Crippen LogP contribution >= 0.6 is 0 Å². The van der Waals surface area contributed by atoms with Crippen molar-refractivity contribution in [3.63, 3.8) is 0 Å². The molecule has 2 rings (SSSR count). The third-order valence-corrected chi connectivity index (χ3v) is 3.23. The summed E-state index contributed by atoms with van der Waals surface area (Å²) in [5, 5.41) is 0. The summed E-state index contributed by atoms with van der Waals surface area (Å²) in [5.74, 6) is 6.12. The molecular formula is C24H32Zr+2. The molecule has 0 saturated heterocycles. The summed E-state index contributed by atoms with van der Waals surface area (Å²) in [6.07, 6.45) is 31.0. The van der Waals surface area contributed by atoms with Gasteiger partial charge in [-0.1, -0.05) is 52.4 Å². The Bertz CT molecular complexity index is 299. The molecule has 10 radical (unpaired) electrons. The summed E-state index contributed by atoms with van der Waals surface area (Å²) >= 11 is 0. The van der Waals surface area contributed by atoms with Crippen molar-refractivity contribution < 1.29 is 26.2 Å². The van der Waals surface area contributed by atoms with Crippen molar-refractivity contribution in [2.24, 2.45) is 0 Å². The van der Waals surface area contributed by atoms with Crippen molar-refractivity contribution in [2.45, 2.75) is 58.8 Å². The Morgan fingerprint density at radius 1 is 0.800 bits per heavy atom. The van der Waals surface area contributed by atoms with Gasteiger partial charge in [0, 0.05) is 0 Å². The smallest absolute Gasteiger partial charge is 0.341 e. The number of rotatable bonds is 6. The molecule has 0 aromatic heterocycles. The fourth-order valence-electron chi connectivity index (χ4n) is 1.74. The van der Waals surface area contributed by atoms with Crippen molar-refractivity contribution in [3.8, 4) is 11.8 Å². The maximum absolute atomic E-state index is 3.89. The van der Waals surface area contributed by atoms with Gasteiger partial charge in [0.25, 0.3) is 0 Å². The van der Waals surface area contributed by atoms with E-state index in [0.29, 0.717) is 0 Å². The SMILES string of the molecule is [CH2-]CC(=[C-]C#CCCCC)CCCC.[CH]1[CH][CH][CH][CH]1.[CH]1[CH][CH][CH][CH]1.[Zr+4]. The van der Waals surface area contributed by atoms with Crippen molar-refractivity contribution in [1.29, 1.82) is 0 Å². The molecule has 2 fully saturated rings. The van der Waals surface area contributed by atoms with Gasteiger partial charge in [0.1, 0.15) is 0 Å². The van der Waals surface area contributed by atoms with Gasteiger partial charge in [-0.25, -0.2) is 6.08 Å². The molecule has 0 heterocycles. The summed E-state index contributed by atoms with van der Waals surface area (Å²) in [5.41, 5.74) is 1.27. The molecule has 0 atom stereocenters. The van der Waals surface area contributed by atoms with Crippen LogP contribution < -0.4 is 0 Å². The minimum absolute atomic E-state index is 0. The van der Waals surface area contributed by atoms with E-state index >= 15 is 0 Å². The van der Waals surface area contributed by atoms with Crippen LogP contribution in [0.2, 0.25) is 0 Å². The van der Waals surface area contributed by atoms with Crippen molar-refractivity contribution >= 4 is 0 Å². The Hall–Kier alpha value is 0.183. The fraction of sp³-hybridized carbons (Fsp3) is 0.375. The molecule has 130 valence electrons. The Kier molecular flexibility index (Phi) is 26.5. The van der Waals surface area contributed by atoms with Gasteiger partial charge in [-0.3, -0.25) is 0 Å². The quantitative estimate of drug-likeness (QED) is 0.271. The number of allylic oxidation sites excluding steroid dienone is 2. The van der Waals surface area contributed by atoms with Crippen LogP contribution in [0, 0.1) is 89.0 Å². The van der Waals surface area contributed by atoms with Gasteiger partial charge in [-0.15, -0.1) is 0 Å². The molecule has 0 amide bonds. The van der Waals surface area contributed by atoms with Crippen LogP contribution in [0.25, 0.3) is 0 Å². The second kappa shape index (κ2) is 24.2. The van der Waals surface area contributed by atoms with Crippen LogP contribution in [0.15, 0.2) is 5.57 Å². The van der Waals surface area contributed by atoms with E-state index < -0.39 is 0 Å². The maximum atomic E-state index is 3.89. The number of hydrogen-bond donors (Lipinski definition) is 0. The van der Waals surface area contributed by atoms with Crippen LogP contribution in [0.1, 0.15) is 58.8 Å². The molecule has 0 aromatic carbocycles. The zero-order valence-electron chi connectivity index (χ0n) is 15.9. The maximum Gasteiger partial charge on any atom is 4.00 e. The zero-order valence-corrected chi connectivity index (χ0v) is 18.4. The molecule has 0 nitrogen and oxygen atoms in total. The van der Waals surface area contributed by atoms with Gasteiger partial charge >= 0.3 is 26.2 Å². The first-order chi connectivity index (χ1) is 11.8. The Labute approximate surface area is 179 Å². The van der Waals surface area contributed by atoms with Gasteiger partial charge in [-0.2, -0.15) is 12.0 Å². The molecule has 2 aliphatic rings. The fourth-order valence-corrected chi connectivity index (χ4v) is 1.74. The third-order valence-electron chi connectivity index (χ3n) is 3.23. The van der Waals surface area contributed by atoms with Crippen molar-refractivity contribution in [3.05, 3.63) is 82.8 Å². The summed E-state index contributed by atoms with van der Waals surface area (Å²) in [7, 11) is 0. The standard InChI is InChI=1S/C14H22.2C5H5.Zr/c1-4-7-9-10-11-13-14(6-3)12-8-5-2;2*1-2-4-5-3-1;/h3-9,12H2,1-2H3;2*1-5H;/q-2;;;+4. The average Bonchev–Trinajstić information content (AvgIpc) is 3.35. The third kappa shape index (κ3) is 22.1. The molecular weight excluding hydrogens is 379 g/mol. The van der Waals surface area contributed by atoms with E-state index in [2.05, 4.69) is 38.7 Å². The second-order valence-corrected chi connectivity index (χ2v) is 5.41. The van der Waals surface area contributed by atoms with Gasteiger partial charge in [-0.05, 0) is 64.2 Å². The topological polar surface area (TPSA) is 0 Å². The summed E-state index contributed by atoms with van der Waals surface area (Å²) in [6, 6.07) is 0. The first-order valence-corrected chi connectivity index (χ1v) is 9.06. The van der Waals surface area contributed by atoms with Crippen molar-refractivity contribution in [2.75, 3.05) is 0 Å². The van der Waals surface area contributed by atoms with Gasteiger partial charge in [0.05, 0.1) is 0 Å². The van der Waals surface area contributed by atoms with Gasteiger partial charge in [0.15, 0.2) is 0 Å². The summed E-state index contributed by atoms with van der Waals surface area (Å²) < 4.78 is 0. The molecule has 2 saturated carbocycles. The second-order valence-electron chi connectivity index (χ2n) is 5.41. The predicted molar refractivity (Wildman–Crippen MR) is 107 cm³/mol. The van der Waals surface area contributed by atoms with E-state index in [9.17, 15) is 0 Å². The average molecular weight is 412 g/mol. The molecule has 0 N–H and O–H groups in total. The number of hydrogen-bond acceptors (Lipinski definition) is 0. The molecule has 25 heavy (non-hydrogen) atoms. The van der Waals surface area contributed by atoms with E-state index in [1.165, 1.54) is 31.3 Å². The predicted octanol–water partition coefficient (Wildman–Crippen LogP) is 6.36. The monoisotopic (exact) mass is 410 g/mol. The van der Waals surface area contributed by atoms with E-state index in [1.807, 2.05) is 64.2 Å². The Morgan fingerprint density at radius 2 is 1.24 bits per heavy atom. The van der Waals surface area contributed by atoms with Crippen molar-refractivity contribution in [1.82, 2.24) is 0 Å². The minimum Gasteiger partial charge on any atom is -0.341 e. The van der Waals surface area contributed by atoms with Gasteiger partial charge in [0.2, 0.25) is 0 Å². The summed E-state index contributed by atoms with van der Waals surface area (Å²) in [6.45, 7) is 8.27. The minimum atomic E-state index is 0. The van der Waals surface area contributed by atoms with Crippen LogP contribution in [-0.4, -0.2) is 0 Å². The van der Waals surface area contributed by atoms with Crippen LogP contribution in [-0.2, 0) is 26.2 Å². The van der Waals surface area contributed by atoms with E-state index in [0.717, 1.165) is 19.3 Å². The molecule has 2 aliphatic carbocycles. The molecule has 0 spiro atoms. The first kappa shape index (κ1) is 27.4. The molecule has 1 heteroatoms. The van der Waals surface area contributed by atoms with Crippen LogP contribution in [0.5, 0.6) is 0 Å². The normalized spacial score (nSPS) is 15.7. The molecule has 0 aromatic rings. The summed E-state index contributed by atoms with van der Waals surface area (Å²) in [4.78, 5) is 0. The molecule has 0 aliphatic heterocycles. The number of unbranched alkanes of at least 4 members (excludes halogenated alkanes) is 3. The first-order valence-electron chi connectivity index (χ1n) is 9.06. The Balaban J connectivity index is 0.